The number of benzene rings is 1. The van der Waals surface area contributed by atoms with Crippen LogP contribution in [-0.2, 0) is 16.1 Å². The van der Waals surface area contributed by atoms with Crippen molar-refractivity contribution in [3.63, 3.8) is 0 Å². The third-order valence-electron chi connectivity index (χ3n) is 3.86. The Balaban J connectivity index is 1.63. The molecule has 1 saturated carbocycles. The molecular formula is C18H19N3O4. The molecule has 25 heavy (non-hydrogen) atoms. The van der Waals surface area contributed by atoms with Crippen molar-refractivity contribution in [2.75, 3.05) is 11.9 Å². The number of hydrogen-bond acceptors (Lipinski definition) is 5. The standard InChI is InChI=1S/C18H19N3O4/c1-2-25-18(24)13-5-7-14(8-6-13)19-16(22)11-21-17(23)10-9-15(20-21)12-3-4-12/h5-10,12H,2-4,11H2,1H3,(H,19,22). The summed E-state index contributed by atoms with van der Waals surface area (Å²) in [5.41, 5.74) is 1.49. The molecule has 1 aromatic carbocycles. The molecule has 0 unspecified atom stereocenters. The first-order valence-electron chi connectivity index (χ1n) is 8.22. The van der Waals surface area contributed by atoms with Crippen molar-refractivity contribution in [2.24, 2.45) is 0 Å². The number of esters is 1. The molecule has 1 amide bonds. The van der Waals surface area contributed by atoms with Crippen molar-refractivity contribution in [3.05, 3.63) is 58.0 Å². The Morgan fingerprint density at radius 1 is 1.20 bits per heavy atom. The van der Waals surface area contributed by atoms with Crippen LogP contribution in [0.4, 0.5) is 5.69 Å². The number of amides is 1. The van der Waals surface area contributed by atoms with Crippen molar-refractivity contribution in [1.29, 1.82) is 0 Å². The summed E-state index contributed by atoms with van der Waals surface area (Å²) < 4.78 is 6.08. The first-order chi connectivity index (χ1) is 12.1. The fourth-order valence-corrected chi connectivity index (χ4v) is 2.42. The molecule has 2 aromatic rings. The number of nitrogens with zero attached hydrogens (tertiary/aromatic N) is 2. The molecule has 1 aliphatic carbocycles. The lowest BCUT2D eigenvalue weighted by atomic mass is 10.2. The molecule has 0 atom stereocenters. The molecule has 130 valence electrons. The van der Waals surface area contributed by atoms with E-state index in [1.165, 1.54) is 10.7 Å². The van der Waals surface area contributed by atoms with Crippen LogP contribution in [0.25, 0.3) is 0 Å². The van der Waals surface area contributed by atoms with Gasteiger partial charge < -0.3 is 10.1 Å². The zero-order chi connectivity index (χ0) is 17.8. The van der Waals surface area contributed by atoms with Crippen LogP contribution >= 0.6 is 0 Å². The maximum absolute atomic E-state index is 12.1. The van der Waals surface area contributed by atoms with Gasteiger partial charge in [0.2, 0.25) is 5.91 Å². The third-order valence-corrected chi connectivity index (χ3v) is 3.86. The highest BCUT2D eigenvalue weighted by atomic mass is 16.5. The fraction of sp³-hybridized carbons (Fsp3) is 0.333. The Bertz CT molecular complexity index is 838. The van der Waals surface area contributed by atoms with Crippen LogP contribution in [0, 0.1) is 0 Å². The van der Waals surface area contributed by atoms with Crippen molar-refractivity contribution in [1.82, 2.24) is 9.78 Å². The number of nitrogens with one attached hydrogen (secondary N) is 1. The molecule has 0 spiro atoms. The first-order valence-corrected chi connectivity index (χ1v) is 8.22. The molecule has 7 heteroatoms. The number of rotatable bonds is 6. The predicted molar refractivity (Wildman–Crippen MR) is 91.5 cm³/mol. The number of carbonyl (C=O) groups is 2. The van der Waals surface area contributed by atoms with Gasteiger partial charge in [-0.05, 0) is 50.1 Å². The lowest BCUT2D eigenvalue weighted by molar-refractivity contribution is -0.117. The van der Waals surface area contributed by atoms with Crippen molar-refractivity contribution in [2.45, 2.75) is 32.2 Å². The second-order valence-corrected chi connectivity index (χ2v) is 5.87. The summed E-state index contributed by atoms with van der Waals surface area (Å²) in [5, 5.41) is 6.95. The average Bonchev–Trinajstić information content (AvgIpc) is 3.43. The summed E-state index contributed by atoms with van der Waals surface area (Å²) in [7, 11) is 0. The van der Waals surface area contributed by atoms with E-state index in [2.05, 4.69) is 10.4 Å². The summed E-state index contributed by atoms with van der Waals surface area (Å²) in [6.07, 6.45) is 2.15. The van der Waals surface area contributed by atoms with Gasteiger partial charge in [0.15, 0.2) is 0 Å². The van der Waals surface area contributed by atoms with E-state index in [1.54, 1.807) is 37.3 Å². The number of ether oxygens (including phenoxy) is 1. The molecule has 1 fully saturated rings. The van der Waals surface area contributed by atoms with Crippen LogP contribution in [-0.4, -0.2) is 28.3 Å². The largest absolute Gasteiger partial charge is 0.462 e. The smallest absolute Gasteiger partial charge is 0.338 e. The van der Waals surface area contributed by atoms with E-state index in [9.17, 15) is 14.4 Å². The van der Waals surface area contributed by atoms with Gasteiger partial charge in [-0.1, -0.05) is 0 Å². The maximum atomic E-state index is 12.1. The summed E-state index contributed by atoms with van der Waals surface area (Å²) >= 11 is 0. The van der Waals surface area contributed by atoms with Crippen molar-refractivity contribution >= 4 is 17.6 Å². The quantitative estimate of drug-likeness (QED) is 0.811. The number of aromatic nitrogens is 2. The average molecular weight is 341 g/mol. The van der Waals surface area contributed by atoms with E-state index >= 15 is 0 Å². The van der Waals surface area contributed by atoms with E-state index in [0.717, 1.165) is 18.5 Å². The van der Waals surface area contributed by atoms with Crippen molar-refractivity contribution in [3.8, 4) is 0 Å². The second kappa shape index (κ2) is 7.29. The molecule has 0 bridgehead atoms. The normalized spacial score (nSPS) is 13.3. The van der Waals surface area contributed by atoms with Crippen molar-refractivity contribution < 1.29 is 14.3 Å². The zero-order valence-corrected chi connectivity index (χ0v) is 13.9. The van der Waals surface area contributed by atoms with Gasteiger partial charge >= 0.3 is 5.97 Å². The van der Waals surface area contributed by atoms with E-state index in [4.69, 9.17) is 4.74 Å². The summed E-state index contributed by atoms with van der Waals surface area (Å²) in [6, 6.07) is 9.55. The Morgan fingerprint density at radius 3 is 2.56 bits per heavy atom. The second-order valence-electron chi connectivity index (χ2n) is 5.87. The van der Waals surface area contributed by atoms with E-state index in [0.29, 0.717) is 23.8 Å². The van der Waals surface area contributed by atoms with Gasteiger partial charge in [-0.25, -0.2) is 9.48 Å². The summed E-state index contributed by atoms with van der Waals surface area (Å²) in [5.74, 6) is -0.357. The lowest BCUT2D eigenvalue weighted by Gasteiger charge is -2.08. The number of hydrogen-bond donors (Lipinski definition) is 1. The molecular weight excluding hydrogens is 322 g/mol. The SMILES string of the molecule is CCOC(=O)c1ccc(NC(=O)Cn2nc(C3CC3)ccc2=O)cc1. The monoisotopic (exact) mass is 341 g/mol. The van der Waals surface area contributed by atoms with Gasteiger partial charge in [0, 0.05) is 17.7 Å². The Morgan fingerprint density at radius 2 is 1.92 bits per heavy atom. The highest BCUT2D eigenvalue weighted by Crippen LogP contribution is 2.38. The topological polar surface area (TPSA) is 90.3 Å². The van der Waals surface area contributed by atoms with E-state index in [1.807, 2.05) is 0 Å². The van der Waals surface area contributed by atoms with Gasteiger partial charge in [-0.15, -0.1) is 0 Å². The molecule has 1 heterocycles. The van der Waals surface area contributed by atoms with Gasteiger partial charge in [0.1, 0.15) is 6.54 Å². The van der Waals surface area contributed by atoms with E-state index < -0.39 is 5.97 Å². The Labute approximate surface area is 144 Å². The van der Waals surface area contributed by atoms with Gasteiger partial charge in [0.05, 0.1) is 17.9 Å². The van der Waals surface area contributed by atoms with Crippen LogP contribution in [0.5, 0.6) is 0 Å². The highest BCUT2D eigenvalue weighted by molar-refractivity contribution is 5.92. The van der Waals surface area contributed by atoms with Crippen LogP contribution in [0.2, 0.25) is 0 Å². The minimum absolute atomic E-state index is 0.154. The van der Waals surface area contributed by atoms with E-state index in [-0.39, 0.29) is 18.0 Å². The van der Waals surface area contributed by atoms with Crippen LogP contribution in [0.15, 0.2) is 41.2 Å². The predicted octanol–water partition coefficient (Wildman–Crippen LogP) is 1.94. The Kier molecular flexibility index (Phi) is 4.92. The minimum atomic E-state index is -0.409. The van der Waals surface area contributed by atoms with Crippen LogP contribution in [0.1, 0.15) is 41.7 Å². The summed E-state index contributed by atoms with van der Waals surface area (Å²) in [4.78, 5) is 35.6. The minimum Gasteiger partial charge on any atom is -0.462 e. The fourth-order valence-electron chi connectivity index (χ4n) is 2.42. The highest BCUT2D eigenvalue weighted by Gasteiger charge is 2.25. The molecule has 1 aliphatic rings. The molecule has 7 nitrogen and oxygen atoms in total. The zero-order valence-electron chi connectivity index (χ0n) is 13.9. The lowest BCUT2D eigenvalue weighted by Crippen LogP contribution is -2.29. The van der Waals surface area contributed by atoms with Gasteiger partial charge in [-0.3, -0.25) is 9.59 Å². The molecule has 0 saturated heterocycles. The first kappa shape index (κ1) is 16.9. The molecule has 0 aliphatic heterocycles. The van der Waals surface area contributed by atoms with Gasteiger partial charge in [0.25, 0.3) is 5.56 Å². The molecule has 1 N–H and O–H groups in total. The number of carbonyl (C=O) groups excluding carboxylic acids is 2. The van der Waals surface area contributed by atoms with Crippen LogP contribution < -0.4 is 10.9 Å². The third kappa shape index (κ3) is 4.32. The summed E-state index contributed by atoms with van der Waals surface area (Å²) in [6.45, 7) is 1.89. The molecule has 1 aromatic heterocycles. The molecule has 3 rings (SSSR count). The molecule has 0 radical (unpaired) electrons. The van der Waals surface area contributed by atoms with Gasteiger partial charge in [-0.2, -0.15) is 5.10 Å². The maximum Gasteiger partial charge on any atom is 0.338 e. The Hall–Kier alpha value is -2.96. The number of anilines is 1. The van der Waals surface area contributed by atoms with Crippen LogP contribution in [0.3, 0.4) is 0 Å².